The van der Waals surface area contributed by atoms with Crippen molar-refractivity contribution in [1.29, 1.82) is 0 Å². The summed E-state index contributed by atoms with van der Waals surface area (Å²) in [6.45, 7) is 4.76. The van der Waals surface area contributed by atoms with Crippen LogP contribution in [0, 0.1) is 0 Å². The average Bonchev–Trinajstić information content (AvgIpc) is 2.51. The second-order valence-electron chi connectivity index (χ2n) is 5.65. The van der Waals surface area contributed by atoms with E-state index in [4.69, 9.17) is 0 Å². The molecule has 106 valence electrons. The molecule has 1 aliphatic rings. The fraction of sp³-hybridized carbons (Fsp3) is 0.600. The minimum absolute atomic E-state index is 0.507. The third-order valence-electron chi connectivity index (χ3n) is 3.80. The zero-order valence-electron chi connectivity index (χ0n) is 11.7. The van der Waals surface area contributed by atoms with E-state index in [1.54, 1.807) is 0 Å². The average molecular weight is 327 g/mol. The van der Waals surface area contributed by atoms with Crippen LogP contribution in [0.25, 0.3) is 0 Å². The van der Waals surface area contributed by atoms with Crippen LogP contribution < -0.4 is 10.2 Å². The topological polar surface area (TPSA) is 35.5 Å². The van der Waals surface area contributed by atoms with Gasteiger partial charge in [0.2, 0.25) is 0 Å². The molecular formula is C15H23BrN2O. The maximum Gasteiger partial charge on any atom is 0.0637 e. The lowest BCUT2D eigenvalue weighted by molar-refractivity contribution is 0.0481. The zero-order chi connectivity index (χ0) is 13.9. The highest BCUT2D eigenvalue weighted by Crippen LogP contribution is 2.31. The summed E-state index contributed by atoms with van der Waals surface area (Å²) in [5, 5.41) is 13.3. The van der Waals surface area contributed by atoms with E-state index in [-0.39, 0.29) is 0 Å². The molecule has 0 aliphatic carbocycles. The van der Waals surface area contributed by atoms with Gasteiger partial charge in [-0.1, -0.05) is 6.07 Å². The third-order valence-corrected chi connectivity index (χ3v) is 4.43. The van der Waals surface area contributed by atoms with Crippen LogP contribution in [0.5, 0.6) is 0 Å². The van der Waals surface area contributed by atoms with Crippen LogP contribution >= 0.6 is 15.9 Å². The number of halogens is 1. The fourth-order valence-corrected chi connectivity index (χ4v) is 3.30. The van der Waals surface area contributed by atoms with Crippen molar-refractivity contribution >= 4 is 21.6 Å². The van der Waals surface area contributed by atoms with E-state index in [1.807, 2.05) is 14.0 Å². The Hall–Kier alpha value is -0.580. The maximum atomic E-state index is 10.2. The van der Waals surface area contributed by atoms with Crippen LogP contribution in [-0.2, 0) is 6.54 Å². The Labute approximate surface area is 124 Å². The van der Waals surface area contributed by atoms with Gasteiger partial charge in [0, 0.05) is 24.1 Å². The number of anilines is 1. The summed E-state index contributed by atoms with van der Waals surface area (Å²) in [6.07, 6.45) is 2.76. The van der Waals surface area contributed by atoms with Gasteiger partial charge in [0.15, 0.2) is 0 Å². The number of benzene rings is 1. The van der Waals surface area contributed by atoms with Gasteiger partial charge in [0.05, 0.1) is 11.3 Å². The van der Waals surface area contributed by atoms with Gasteiger partial charge < -0.3 is 15.3 Å². The quantitative estimate of drug-likeness (QED) is 0.896. The lowest BCUT2D eigenvalue weighted by atomic mass is 9.98. The first kappa shape index (κ1) is 14.8. The normalized spacial score (nSPS) is 24.3. The standard InChI is InChI=1S/C15H23BrN2O/c1-15(19)6-3-8-18(9-7-15)14-5-4-12(11-17-2)10-13(14)16/h4-5,10,17,19H,3,6-9,11H2,1-2H3. The van der Waals surface area contributed by atoms with Crippen LogP contribution in [0.2, 0.25) is 0 Å². The van der Waals surface area contributed by atoms with Gasteiger partial charge in [0.1, 0.15) is 0 Å². The largest absolute Gasteiger partial charge is 0.390 e. The van der Waals surface area contributed by atoms with Gasteiger partial charge in [-0.05, 0) is 66.9 Å². The molecule has 0 radical (unpaired) electrons. The Morgan fingerprint density at radius 3 is 2.84 bits per heavy atom. The van der Waals surface area contributed by atoms with Gasteiger partial charge >= 0.3 is 0 Å². The predicted octanol–water partition coefficient (Wildman–Crippen LogP) is 2.91. The van der Waals surface area contributed by atoms with Crippen molar-refractivity contribution in [3.63, 3.8) is 0 Å². The van der Waals surface area contributed by atoms with Crippen molar-refractivity contribution in [2.24, 2.45) is 0 Å². The first-order chi connectivity index (χ1) is 9.02. The molecule has 1 aromatic rings. The third kappa shape index (κ3) is 3.94. The summed E-state index contributed by atoms with van der Waals surface area (Å²) in [7, 11) is 1.96. The Morgan fingerprint density at radius 1 is 1.37 bits per heavy atom. The van der Waals surface area contributed by atoms with E-state index in [9.17, 15) is 5.11 Å². The lowest BCUT2D eigenvalue weighted by Gasteiger charge is -2.25. The van der Waals surface area contributed by atoms with Crippen molar-refractivity contribution in [1.82, 2.24) is 5.32 Å². The molecule has 0 aromatic heterocycles. The van der Waals surface area contributed by atoms with Crippen molar-refractivity contribution < 1.29 is 5.11 Å². The van der Waals surface area contributed by atoms with Crippen LogP contribution in [0.1, 0.15) is 31.7 Å². The molecule has 1 saturated heterocycles. The van der Waals surface area contributed by atoms with E-state index in [0.717, 1.165) is 43.4 Å². The van der Waals surface area contributed by atoms with E-state index < -0.39 is 5.60 Å². The minimum atomic E-state index is -0.507. The van der Waals surface area contributed by atoms with E-state index in [1.165, 1.54) is 11.3 Å². The van der Waals surface area contributed by atoms with Gasteiger partial charge in [-0.3, -0.25) is 0 Å². The van der Waals surface area contributed by atoms with Gasteiger partial charge in [0.25, 0.3) is 0 Å². The van der Waals surface area contributed by atoms with Gasteiger partial charge in [-0.25, -0.2) is 0 Å². The van der Waals surface area contributed by atoms with Gasteiger partial charge in [-0.2, -0.15) is 0 Å². The van der Waals surface area contributed by atoms with Crippen molar-refractivity contribution in [2.45, 2.75) is 38.3 Å². The predicted molar refractivity (Wildman–Crippen MR) is 83.6 cm³/mol. The number of rotatable bonds is 3. The molecule has 4 heteroatoms. The molecule has 1 aliphatic heterocycles. The van der Waals surface area contributed by atoms with Crippen LogP contribution in [-0.4, -0.2) is 30.8 Å². The van der Waals surface area contributed by atoms with E-state index >= 15 is 0 Å². The minimum Gasteiger partial charge on any atom is -0.390 e. The van der Waals surface area contributed by atoms with E-state index in [2.05, 4.69) is 44.3 Å². The molecule has 1 aromatic carbocycles. The van der Waals surface area contributed by atoms with Crippen LogP contribution in [0.4, 0.5) is 5.69 Å². The molecule has 2 N–H and O–H groups in total. The summed E-state index contributed by atoms with van der Waals surface area (Å²) >= 11 is 3.67. The number of nitrogens with one attached hydrogen (secondary N) is 1. The summed E-state index contributed by atoms with van der Waals surface area (Å²) in [5.74, 6) is 0. The Morgan fingerprint density at radius 2 is 2.16 bits per heavy atom. The molecule has 3 nitrogen and oxygen atoms in total. The van der Waals surface area contributed by atoms with Crippen LogP contribution in [0.3, 0.4) is 0 Å². The second kappa shape index (κ2) is 6.25. The Bertz CT molecular complexity index is 434. The lowest BCUT2D eigenvalue weighted by Crippen LogP contribution is -2.28. The monoisotopic (exact) mass is 326 g/mol. The summed E-state index contributed by atoms with van der Waals surface area (Å²) in [4.78, 5) is 2.37. The molecule has 0 saturated carbocycles. The van der Waals surface area contributed by atoms with Crippen LogP contribution in [0.15, 0.2) is 22.7 Å². The first-order valence-electron chi connectivity index (χ1n) is 6.92. The maximum absolute atomic E-state index is 10.2. The first-order valence-corrected chi connectivity index (χ1v) is 7.71. The smallest absolute Gasteiger partial charge is 0.0637 e. The number of aliphatic hydroxyl groups is 1. The number of hydrogen-bond acceptors (Lipinski definition) is 3. The molecule has 1 atom stereocenters. The molecule has 2 rings (SSSR count). The molecule has 0 bridgehead atoms. The molecule has 1 unspecified atom stereocenters. The Balaban J connectivity index is 2.13. The highest BCUT2D eigenvalue weighted by molar-refractivity contribution is 9.10. The molecule has 1 fully saturated rings. The van der Waals surface area contributed by atoms with Crippen molar-refractivity contribution in [3.05, 3.63) is 28.2 Å². The molecular weight excluding hydrogens is 304 g/mol. The Kier molecular flexibility index (Phi) is 4.87. The summed E-state index contributed by atoms with van der Waals surface area (Å²) < 4.78 is 1.14. The highest BCUT2D eigenvalue weighted by atomic mass is 79.9. The molecule has 0 spiro atoms. The molecule has 1 heterocycles. The van der Waals surface area contributed by atoms with E-state index in [0.29, 0.717) is 0 Å². The van der Waals surface area contributed by atoms with Gasteiger partial charge in [-0.15, -0.1) is 0 Å². The molecule has 0 amide bonds. The number of hydrogen-bond donors (Lipinski definition) is 2. The second-order valence-corrected chi connectivity index (χ2v) is 6.51. The summed E-state index contributed by atoms with van der Waals surface area (Å²) in [6, 6.07) is 6.52. The highest BCUT2D eigenvalue weighted by Gasteiger charge is 2.25. The number of nitrogens with zero attached hydrogens (tertiary/aromatic N) is 1. The fourth-order valence-electron chi connectivity index (χ4n) is 2.63. The molecule has 19 heavy (non-hydrogen) atoms. The van der Waals surface area contributed by atoms with Crippen molar-refractivity contribution in [3.8, 4) is 0 Å². The SMILES string of the molecule is CNCc1ccc(N2CCCC(C)(O)CC2)c(Br)c1. The zero-order valence-corrected chi connectivity index (χ0v) is 13.3. The van der Waals surface area contributed by atoms with Crippen molar-refractivity contribution in [2.75, 3.05) is 25.0 Å². The summed E-state index contributed by atoms with van der Waals surface area (Å²) in [5.41, 5.74) is 2.00.